The van der Waals surface area contributed by atoms with Crippen LogP contribution in [0.15, 0.2) is 36.0 Å². The van der Waals surface area contributed by atoms with Crippen LogP contribution in [0.3, 0.4) is 0 Å². The van der Waals surface area contributed by atoms with Gasteiger partial charge in [-0.3, -0.25) is 4.79 Å². The number of nitrogens with zero attached hydrogens (tertiary/aromatic N) is 5. The van der Waals surface area contributed by atoms with E-state index in [1.54, 1.807) is 6.08 Å². The maximum Gasteiger partial charge on any atom is 0.268 e. The van der Waals surface area contributed by atoms with Gasteiger partial charge in [0.1, 0.15) is 17.3 Å². The molecule has 0 radical (unpaired) electrons. The van der Waals surface area contributed by atoms with Crippen molar-refractivity contribution in [2.45, 2.75) is 19.9 Å². The number of guanidine groups is 1. The predicted molar refractivity (Wildman–Crippen MR) is 130 cm³/mol. The van der Waals surface area contributed by atoms with Crippen LogP contribution >= 0.6 is 0 Å². The molecule has 1 fully saturated rings. The van der Waals surface area contributed by atoms with Crippen molar-refractivity contribution in [1.82, 2.24) is 19.8 Å². The number of likely N-dealkylation sites (N-methyl/N-ethyl adjacent to an activating group) is 1. The Bertz CT molecular complexity index is 1020. The van der Waals surface area contributed by atoms with Crippen LogP contribution in [-0.2, 0) is 0 Å². The average Bonchev–Trinajstić information content (AvgIpc) is 3.14. The smallest absolute Gasteiger partial charge is 0.268 e. The summed E-state index contributed by atoms with van der Waals surface area (Å²) in [5, 5.41) is 6.03. The molecule has 2 aliphatic heterocycles. The average molecular weight is 437 g/mol. The largest absolute Gasteiger partial charge is 0.369 e. The van der Waals surface area contributed by atoms with Gasteiger partial charge in [-0.05, 0) is 31.2 Å². The summed E-state index contributed by atoms with van der Waals surface area (Å²) in [6.45, 7) is 12.8. The van der Waals surface area contributed by atoms with Gasteiger partial charge in [-0.15, -0.1) is 0 Å². The first-order valence-electron chi connectivity index (χ1n) is 11.0. The zero-order valence-electron chi connectivity index (χ0n) is 19.0. The predicted octanol–water partition coefficient (Wildman–Crippen LogP) is 2.28. The molecule has 4 heterocycles. The molecule has 0 saturated carbocycles. The molecule has 0 spiro atoms. The molecule has 1 atom stereocenters. The van der Waals surface area contributed by atoms with Crippen LogP contribution in [0.4, 0.5) is 17.3 Å². The van der Waals surface area contributed by atoms with Gasteiger partial charge in [0.25, 0.3) is 5.91 Å². The Morgan fingerprint density at radius 2 is 2.09 bits per heavy atom. The summed E-state index contributed by atoms with van der Waals surface area (Å²) in [6.07, 6.45) is 3.56. The second-order valence-corrected chi connectivity index (χ2v) is 8.72. The van der Waals surface area contributed by atoms with E-state index in [0.717, 1.165) is 37.4 Å². The molecule has 1 saturated heterocycles. The number of rotatable bonds is 5. The number of anilines is 2. The lowest BCUT2D eigenvalue weighted by atomic mass is 10.0. The number of nitrogens with two attached hydrogens (primary N) is 1. The Morgan fingerprint density at radius 1 is 1.34 bits per heavy atom. The van der Waals surface area contributed by atoms with E-state index in [2.05, 4.69) is 57.9 Å². The van der Waals surface area contributed by atoms with E-state index in [-0.39, 0.29) is 17.9 Å². The molecule has 0 aromatic carbocycles. The molecular weight excluding hydrogens is 404 g/mol. The number of fused-ring (bicyclic) bond motifs is 1. The number of hydrogen-bond donors (Lipinski definition) is 3. The molecule has 1 unspecified atom stereocenters. The second kappa shape index (κ2) is 9.04. The first-order valence-corrected chi connectivity index (χ1v) is 11.0. The Kier molecular flexibility index (Phi) is 6.18. The third-order valence-electron chi connectivity index (χ3n) is 6.16. The lowest BCUT2D eigenvalue weighted by molar-refractivity contribution is 0.0906. The molecule has 1 amide bonds. The molecule has 0 aliphatic carbocycles. The lowest BCUT2D eigenvalue weighted by Crippen LogP contribution is -2.44. The van der Waals surface area contributed by atoms with Crippen molar-refractivity contribution in [1.29, 1.82) is 0 Å². The van der Waals surface area contributed by atoms with Crippen molar-refractivity contribution in [3.05, 3.63) is 42.2 Å². The number of carbonyl (C=O) groups is 1. The Balaban J connectivity index is 1.56. The van der Waals surface area contributed by atoms with Crippen LogP contribution < -0.4 is 21.3 Å². The highest BCUT2D eigenvalue weighted by Crippen LogP contribution is 2.34. The number of aliphatic imine (C=N–C) groups is 1. The highest BCUT2D eigenvalue weighted by Gasteiger charge is 2.31. The number of carbonyl (C=O) groups excluding carboxylic acids is 1. The summed E-state index contributed by atoms with van der Waals surface area (Å²) in [7, 11) is 2.14. The maximum atomic E-state index is 12.4. The zero-order valence-corrected chi connectivity index (χ0v) is 19.0. The molecule has 2 aromatic rings. The zero-order chi connectivity index (χ0) is 22.8. The molecule has 2 aliphatic rings. The van der Waals surface area contributed by atoms with E-state index in [0.29, 0.717) is 29.8 Å². The molecule has 2 aromatic heterocycles. The summed E-state index contributed by atoms with van der Waals surface area (Å²) >= 11 is 0. The number of pyridine rings is 1. The van der Waals surface area contributed by atoms with Crippen molar-refractivity contribution in [2.75, 3.05) is 50.0 Å². The molecule has 4 rings (SSSR count). The van der Waals surface area contributed by atoms with E-state index < -0.39 is 0 Å². The topological polar surface area (TPSA) is 104 Å². The molecular formula is C23H32N8O. The summed E-state index contributed by atoms with van der Waals surface area (Å²) in [4.78, 5) is 26.2. The van der Waals surface area contributed by atoms with Gasteiger partial charge in [0.2, 0.25) is 5.96 Å². The fraction of sp³-hybridized carbons (Fsp3) is 0.435. The highest BCUT2D eigenvalue weighted by atomic mass is 16.2. The molecule has 4 N–H and O–H groups in total. The van der Waals surface area contributed by atoms with E-state index in [4.69, 9.17) is 5.73 Å². The van der Waals surface area contributed by atoms with Crippen molar-refractivity contribution in [3.8, 4) is 0 Å². The SMILES string of the molecule is C=Cc1cc2n(c1/N=C(\N)Nc1ccc(N3CCN(C)CC3)cn1)C(C(C)C)CNC2=O. The van der Waals surface area contributed by atoms with Crippen molar-refractivity contribution >= 4 is 35.3 Å². The summed E-state index contributed by atoms with van der Waals surface area (Å²) in [5.74, 6) is 1.66. The van der Waals surface area contributed by atoms with Crippen LogP contribution in [0.2, 0.25) is 0 Å². The molecule has 170 valence electrons. The third-order valence-corrected chi connectivity index (χ3v) is 6.16. The fourth-order valence-corrected chi connectivity index (χ4v) is 4.21. The fourth-order valence-electron chi connectivity index (χ4n) is 4.21. The third kappa shape index (κ3) is 4.34. The van der Waals surface area contributed by atoms with Gasteiger partial charge in [-0.1, -0.05) is 26.5 Å². The summed E-state index contributed by atoms with van der Waals surface area (Å²) in [5.41, 5.74) is 8.68. The Hall–Kier alpha value is -3.33. The minimum atomic E-state index is -0.112. The van der Waals surface area contributed by atoms with Crippen LogP contribution in [0.1, 0.15) is 35.9 Å². The number of hydrogen-bond acceptors (Lipinski definition) is 5. The number of aromatic nitrogens is 2. The van der Waals surface area contributed by atoms with Crippen LogP contribution in [0, 0.1) is 5.92 Å². The minimum absolute atomic E-state index is 0.0870. The lowest BCUT2D eigenvalue weighted by Gasteiger charge is -2.33. The van der Waals surface area contributed by atoms with Crippen LogP contribution in [0.5, 0.6) is 0 Å². The van der Waals surface area contributed by atoms with Gasteiger partial charge in [0.05, 0.1) is 17.9 Å². The normalized spacial score (nSPS) is 19.6. The standard InChI is InChI=1S/C23H32N8O/c1-5-16-12-18-22(32)26-14-19(15(2)3)31(18)21(16)28-23(24)27-20-7-6-17(13-25-20)30-10-8-29(4)9-11-30/h5-7,12-13,15,19H,1,8-11,14H2,2-4H3,(H,26,32)(H3,24,25,27,28). The van der Waals surface area contributed by atoms with Gasteiger partial charge < -0.3 is 30.7 Å². The molecule has 9 nitrogen and oxygen atoms in total. The van der Waals surface area contributed by atoms with E-state index in [1.165, 1.54) is 0 Å². The number of nitrogens with one attached hydrogen (secondary N) is 2. The quantitative estimate of drug-likeness (QED) is 0.491. The van der Waals surface area contributed by atoms with Gasteiger partial charge in [0.15, 0.2) is 0 Å². The number of amides is 1. The van der Waals surface area contributed by atoms with Gasteiger partial charge in [0, 0.05) is 38.3 Å². The van der Waals surface area contributed by atoms with Crippen molar-refractivity contribution in [3.63, 3.8) is 0 Å². The van der Waals surface area contributed by atoms with Gasteiger partial charge in [-0.2, -0.15) is 4.99 Å². The highest BCUT2D eigenvalue weighted by molar-refractivity contribution is 5.97. The monoisotopic (exact) mass is 436 g/mol. The van der Waals surface area contributed by atoms with Crippen LogP contribution in [-0.4, -0.2) is 66.1 Å². The van der Waals surface area contributed by atoms with Crippen molar-refractivity contribution in [2.24, 2.45) is 16.6 Å². The molecule has 0 bridgehead atoms. The van der Waals surface area contributed by atoms with E-state index >= 15 is 0 Å². The van der Waals surface area contributed by atoms with Gasteiger partial charge >= 0.3 is 0 Å². The maximum absolute atomic E-state index is 12.4. The summed E-state index contributed by atoms with van der Waals surface area (Å²) in [6, 6.07) is 5.85. The van der Waals surface area contributed by atoms with Gasteiger partial charge in [-0.25, -0.2) is 4.98 Å². The first-order chi connectivity index (χ1) is 15.4. The Morgan fingerprint density at radius 3 is 2.72 bits per heavy atom. The van der Waals surface area contributed by atoms with E-state index in [9.17, 15) is 4.79 Å². The second-order valence-electron chi connectivity index (χ2n) is 8.72. The van der Waals surface area contributed by atoms with Crippen molar-refractivity contribution < 1.29 is 4.79 Å². The summed E-state index contributed by atoms with van der Waals surface area (Å²) < 4.78 is 1.97. The Labute approximate surface area is 189 Å². The molecule has 32 heavy (non-hydrogen) atoms. The van der Waals surface area contributed by atoms with Crippen LogP contribution in [0.25, 0.3) is 6.08 Å². The molecule has 9 heteroatoms. The minimum Gasteiger partial charge on any atom is -0.369 e. The van der Waals surface area contributed by atoms with E-state index in [1.807, 2.05) is 29.0 Å². The first kappa shape index (κ1) is 21.9. The number of piperazine rings is 1.